The highest BCUT2D eigenvalue weighted by molar-refractivity contribution is 5.98. The standard InChI is InChI=1S/C26H27N3O2/c1-19-17-21-10-5-11-22-24(21)29(19)18-23(25(22)30)26(31)28-15-13-27(14-16-28)12-6-9-20-7-3-2-4-8-20/h2-11,18-19H,12-17H2,1H3/b9-6+/t19-/m0/s1. The number of hydrogen-bond donors (Lipinski definition) is 0. The van der Waals surface area contributed by atoms with E-state index in [1.807, 2.05) is 35.2 Å². The van der Waals surface area contributed by atoms with Crippen molar-refractivity contribution >= 4 is 22.9 Å². The zero-order chi connectivity index (χ0) is 21.4. The number of pyridine rings is 1. The number of carbonyl (C=O) groups excluding carboxylic acids is 1. The molecular formula is C26H27N3O2. The van der Waals surface area contributed by atoms with E-state index >= 15 is 0 Å². The Morgan fingerprint density at radius 3 is 2.58 bits per heavy atom. The minimum Gasteiger partial charge on any atom is -0.343 e. The minimum absolute atomic E-state index is 0.138. The van der Waals surface area contributed by atoms with E-state index in [1.54, 1.807) is 6.20 Å². The van der Waals surface area contributed by atoms with Crippen LogP contribution < -0.4 is 5.43 Å². The number of rotatable bonds is 4. The summed E-state index contributed by atoms with van der Waals surface area (Å²) in [6.07, 6.45) is 7.00. The lowest BCUT2D eigenvalue weighted by atomic mass is 10.1. The van der Waals surface area contributed by atoms with Crippen LogP contribution in [-0.2, 0) is 6.42 Å². The topological polar surface area (TPSA) is 45.6 Å². The van der Waals surface area contributed by atoms with Crippen LogP contribution >= 0.6 is 0 Å². The summed E-state index contributed by atoms with van der Waals surface area (Å²) < 4.78 is 2.12. The molecule has 158 valence electrons. The van der Waals surface area contributed by atoms with E-state index in [4.69, 9.17) is 0 Å². The van der Waals surface area contributed by atoms with Gasteiger partial charge in [0.25, 0.3) is 5.91 Å². The van der Waals surface area contributed by atoms with Crippen LogP contribution in [0.3, 0.4) is 0 Å². The van der Waals surface area contributed by atoms with Gasteiger partial charge in [0, 0.05) is 50.3 Å². The third-order valence-corrected chi connectivity index (χ3v) is 6.49. The molecule has 5 rings (SSSR count). The lowest BCUT2D eigenvalue weighted by Gasteiger charge is -2.34. The average molecular weight is 414 g/mol. The summed E-state index contributed by atoms with van der Waals surface area (Å²) in [4.78, 5) is 30.5. The molecule has 1 saturated heterocycles. The van der Waals surface area contributed by atoms with E-state index in [9.17, 15) is 9.59 Å². The van der Waals surface area contributed by atoms with Crippen molar-refractivity contribution in [3.8, 4) is 0 Å². The van der Waals surface area contributed by atoms with E-state index < -0.39 is 0 Å². The summed E-state index contributed by atoms with van der Waals surface area (Å²) in [7, 11) is 0. The van der Waals surface area contributed by atoms with Crippen molar-refractivity contribution in [2.45, 2.75) is 19.4 Å². The van der Waals surface area contributed by atoms with Gasteiger partial charge in [-0.1, -0.05) is 54.6 Å². The van der Waals surface area contributed by atoms with Crippen molar-refractivity contribution in [1.82, 2.24) is 14.4 Å². The lowest BCUT2D eigenvalue weighted by molar-refractivity contribution is 0.0648. The fraction of sp³-hybridized carbons (Fsp3) is 0.308. The van der Waals surface area contributed by atoms with E-state index in [-0.39, 0.29) is 17.4 Å². The number of benzene rings is 2. The molecule has 0 N–H and O–H groups in total. The lowest BCUT2D eigenvalue weighted by Crippen LogP contribution is -2.49. The van der Waals surface area contributed by atoms with E-state index in [2.05, 4.69) is 46.7 Å². The molecule has 0 unspecified atom stereocenters. The molecule has 0 bridgehead atoms. The number of hydrogen-bond acceptors (Lipinski definition) is 3. The Morgan fingerprint density at radius 2 is 1.81 bits per heavy atom. The summed E-state index contributed by atoms with van der Waals surface area (Å²) in [6.45, 7) is 5.91. The Morgan fingerprint density at radius 1 is 1.03 bits per heavy atom. The van der Waals surface area contributed by atoms with Crippen molar-refractivity contribution in [3.63, 3.8) is 0 Å². The second-order valence-corrected chi connectivity index (χ2v) is 8.55. The third kappa shape index (κ3) is 3.70. The first-order chi connectivity index (χ1) is 15.1. The van der Waals surface area contributed by atoms with Gasteiger partial charge >= 0.3 is 0 Å². The minimum atomic E-state index is -0.139. The molecule has 31 heavy (non-hydrogen) atoms. The molecule has 5 nitrogen and oxygen atoms in total. The van der Waals surface area contributed by atoms with Gasteiger partial charge in [0.05, 0.1) is 5.52 Å². The van der Waals surface area contributed by atoms with Crippen LogP contribution in [0.15, 0.2) is 65.6 Å². The molecule has 1 aromatic heterocycles. The summed E-state index contributed by atoms with van der Waals surface area (Å²) in [5.41, 5.74) is 3.54. The molecule has 3 aromatic rings. The quantitative estimate of drug-likeness (QED) is 0.657. The first kappa shape index (κ1) is 19.8. The van der Waals surface area contributed by atoms with Gasteiger partial charge in [0.15, 0.2) is 0 Å². The number of para-hydroxylation sites is 1. The van der Waals surface area contributed by atoms with Crippen molar-refractivity contribution in [2.24, 2.45) is 0 Å². The van der Waals surface area contributed by atoms with Crippen LogP contribution in [0, 0.1) is 0 Å². The summed E-state index contributed by atoms with van der Waals surface area (Å²) in [5, 5.41) is 0.664. The number of carbonyl (C=O) groups is 1. The van der Waals surface area contributed by atoms with Crippen LogP contribution in [0.5, 0.6) is 0 Å². The van der Waals surface area contributed by atoms with Gasteiger partial charge < -0.3 is 9.47 Å². The molecule has 5 heteroatoms. The molecule has 2 aliphatic heterocycles. The second kappa shape index (κ2) is 8.16. The maximum atomic E-state index is 13.2. The van der Waals surface area contributed by atoms with Crippen LogP contribution in [0.4, 0.5) is 0 Å². The SMILES string of the molecule is C[C@H]1Cc2cccc3c(=O)c(C(=O)N4CCN(C/C=C/c5ccccc5)CC4)cn1c23. The van der Waals surface area contributed by atoms with Crippen LogP contribution in [0.1, 0.15) is 34.5 Å². The fourth-order valence-corrected chi connectivity index (χ4v) is 4.77. The highest BCUT2D eigenvalue weighted by atomic mass is 16.2. The molecule has 0 spiro atoms. The summed E-state index contributed by atoms with van der Waals surface area (Å²) in [6, 6.07) is 16.4. The van der Waals surface area contributed by atoms with Crippen molar-refractivity contribution in [1.29, 1.82) is 0 Å². The third-order valence-electron chi connectivity index (χ3n) is 6.49. The normalized spacial score (nSPS) is 18.9. The monoisotopic (exact) mass is 413 g/mol. The number of aromatic nitrogens is 1. The molecule has 0 radical (unpaired) electrons. The molecular weight excluding hydrogens is 386 g/mol. The highest BCUT2D eigenvalue weighted by Gasteiger charge is 2.28. The van der Waals surface area contributed by atoms with E-state index in [1.165, 1.54) is 11.1 Å². The number of piperazine rings is 1. The van der Waals surface area contributed by atoms with E-state index in [0.717, 1.165) is 31.6 Å². The smallest absolute Gasteiger partial charge is 0.259 e. The zero-order valence-corrected chi connectivity index (χ0v) is 17.8. The van der Waals surface area contributed by atoms with Gasteiger partial charge in [-0.3, -0.25) is 14.5 Å². The first-order valence-electron chi connectivity index (χ1n) is 11.0. The second-order valence-electron chi connectivity index (χ2n) is 8.55. The van der Waals surface area contributed by atoms with Crippen molar-refractivity contribution < 1.29 is 4.79 Å². The highest BCUT2D eigenvalue weighted by Crippen LogP contribution is 2.31. The number of nitrogens with zero attached hydrogens (tertiary/aromatic N) is 3. The Bertz CT molecular complexity index is 1200. The predicted molar refractivity (Wildman–Crippen MR) is 124 cm³/mol. The van der Waals surface area contributed by atoms with Gasteiger partial charge in [0.2, 0.25) is 5.43 Å². The maximum Gasteiger partial charge on any atom is 0.259 e. The average Bonchev–Trinajstić information content (AvgIpc) is 3.13. The fourth-order valence-electron chi connectivity index (χ4n) is 4.77. The Labute approximate surface area is 182 Å². The predicted octanol–water partition coefficient (Wildman–Crippen LogP) is 3.59. The van der Waals surface area contributed by atoms with Gasteiger partial charge in [0.1, 0.15) is 5.56 Å². The van der Waals surface area contributed by atoms with Gasteiger partial charge in [-0.05, 0) is 30.5 Å². The molecule has 1 atom stereocenters. The van der Waals surface area contributed by atoms with Crippen LogP contribution in [0.2, 0.25) is 0 Å². The largest absolute Gasteiger partial charge is 0.343 e. The van der Waals surface area contributed by atoms with Gasteiger partial charge in [-0.25, -0.2) is 0 Å². The molecule has 0 saturated carbocycles. The molecule has 2 aliphatic rings. The van der Waals surface area contributed by atoms with Crippen LogP contribution in [0.25, 0.3) is 17.0 Å². The molecule has 3 heterocycles. The molecule has 0 aliphatic carbocycles. The zero-order valence-electron chi connectivity index (χ0n) is 17.8. The molecule has 1 fully saturated rings. The Hall–Kier alpha value is -3.18. The Kier molecular flexibility index (Phi) is 5.20. The summed E-state index contributed by atoms with van der Waals surface area (Å²) >= 11 is 0. The van der Waals surface area contributed by atoms with E-state index in [0.29, 0.717) is 24.0 Å². The molecule has 2 aromatic carbocycles. The van der Waals surface area contributed by atoms with Crippen LogP contribution in [-0.4, -0.2) is 53.0 Å². The number of amides is 1. The maximum absolute atomic E-state index is 13.2. The first-order valence-corrected chi connectivity index (χ1v) is 11.0. The Balaban J connectivity index is 1.28. The van der Waals surface area contributed by atoms with Gasteiger partial charge in [-0.15, -0.1) is 0 Å². The van der Waals surface area contributed by atoms with Crippen molar-refractivity contribution in [2.75, 3.05) is 32.7 Å². The summed E-state index contributed by atoms with van der Waals surface area (Å²) in [5.74, 6) is -0.139. The molecule has 1 amide bonds. The van der Waals surface area contributed by atoms with Crippen molar-refractivity contribution in [3.05, 3.63) is 87.7 Å². The van der Waals surface area contributed by atoms with Gasteiger partial charge in [-0.2, -0.15) is 0 Å².